The summed E-state index contributed by atoms with van der Waals surface area (Å²) in [6.45, 7) is 0.732. The maximum atomic E-state index is 13.2. The molecule has 2 aromatic carbocycles. The molecule has 1 aliphatic rings. The van der Waals surface area contributed by atoms with Crippen molar-refractivity contribution in [2.45, 2.75) is 38.6 Å². The van der Waals surface area contributed by atoms with Crippen molar-refractivity contribution in [2.24, 2.45) is 5.92 Å². The zero-order chi connectivity index (χ0) is 17.1. The largest absolute Gasteiger partial charge is 0.287 e. The second kappa shape index (κ2) is 7.18. The van der Waals surface area contributed by atoms with Gasteiger partial charge in [0.05, 0.1) is 0 Å². The van der Waals surface area contributed by atoms with Crippen LogP contribution in [0.2, 0.25) is 0 Å². The topological polar surface area (TPSA) is 20.9 Å². The Bertz CT molecular complexity index is 879. The number of ketones is 1. The fourth-order valence-electron chi connectivity index (χ4n) is 3.99. The van der Waals surface area contributed by atoms with Gasteiger partial charge < -0.3 is 0 Å². The number of carbonyl (C=O) groups excluding carboxylic acids is 1. The molecule has 1 saturated carbocycles. The van der Waals surface area contributed by atoms with Crippen LogP contribution in [0.4, 0.5) is 0 Å². The Kier molecular flexibility index (Phi) is 4.60. The van der Waals surface area contributed by atoms with Gasteiger partial charge in [0.2, 0.25) is 17.0 Å². The number of para-hydroxylation sites is 1. The zero-order valence-electron chi connectivity index (χ0n) is 14.5. The van der Waals surface area contributed by atoms with E-state index < -0.39 is 0 Å². The van der Waals surface area contributed by atoms with Crippen LogP contribution in [0.15, 0.2) is 66.7 Å². The molecule has 0 bridgehead atoms. The molecule has 0 spiro atoms. The van der Waals surface area contributed by atoms with E-state index in [-0.39, 0.29) is 5.92 Å². The molecular weight excluding hydrogens is 306 g/mol. The van der Waals surface area contributed by atoms with Crippen LogP contribution < -0.4 is 4.57 Å². The quantitative estimate of drug-likeness (QED) is 0.490. The van der Waals surface area contributed by atoms with Gasteiger partial charge in [-0.15, -0.1) is 0 Å². The maximum absolute atomic E-state index is 13.2. The average molecular weight is 330 g/mol. The Morgan fingerprint density at radius 3 is 2.36 bits per heavy atom. The Morgan fingerprint density at radius 2 is 1.56 bits per heavy atom. The van der Waals surface area contributed by atoms with Crippen molar-refractivity contribution in [3.05, 3.63) is 78.0 Å². The normalized spacial score (nSPS) is 15.4. The van der Waals surface area contributed by atoms with Crippen molar-refractivity contribution >= 4 is 16.7 Å². The predicted molar refractivity (Wildman–Crippen MR) is 101 cm³/mol. The Balaban J connectivity index is 1.80. The highest BCUT2D eigenvalue weighted by Gasteiger charge is 2.30. The number of aromatic nitrogens is 1. The van der Waals surface area contributed by atoms with E-state index in [9.17, 15) is 4.79 Å². The molecule has 0 atom stereocenters. The van der Waals surface area contributed by atoms with Crippen molar-refractivity contribution < 1.29 is 9.36 Å². The summed E-state index contributed by atoms with van der Waals surface area (Å²) in [7, 11) is 0. The van der Waals surface area contributed by atoms with E-state index in [0.717, 1.165) is 30.6 Å². The average Bonchev–Trinajstić information content (AvgIpc) is 2.69. The zero-order valence-corrected chi connectivity index (χ0v) is 14.5. The van der Waals surface area contributed by atoms with Gasteiger partial charge in [0.15, 0.2) is 6.54 Å². The molecule has 0 unspecified atom stereocenters. The molecule has 2 heteroatoms. The van der Waals surface area contributed by atoms with Crippen molar-refractivity contribution in [2.75, 3.05) is 0 Å². The van der Waals surface area contributed by atoms with E-state index in [4.69, 9.17) is 0 Å². The first-order chi connectivity index (χ1) is 12.3. The first-order valence-corrected chi connectivity index (χ1v) is 9.33. The van der Waals surface area contributed by atoms with E-state index in [1.54, 1.807) is 0 Å². The number of carbonyl (C=O) groups is 1. The minimum absolute atomic E-state index is 0.192. The highest BCUT2D eigenvalue weighted by Crippen LogP contribution is 2.26. The summed E-state index contributed by atoms with van der Waals surface area (Å²) >= 11 is 0. The van der Waals surface area contributed by atoms with Crippen LogP contribution in [0.3, 0.4) is 0 Å². The van der Waals surface area contributed by atoms with Crippen molar-refractivity contribution in [1.82, 2.24) is 0 Å². The summed E-state index contributed by atoms with van der Waals surface area (Å²) in [6.07, 6.45) is 5.71. The number of fused-ring (bicyclic) bond motifs is 1. The fourth-order valence-corrected chi connectivity index (χ4v) is 3.99. The number of rotatable bonds is 4. The van der Waals surface area contributed by atoms with Gasteiger partial charge in [-0.25, -0.2) is 0 Å². The van der Waals surface area contributed by atoms with Crippen LogP contribution in [0.5, 0.6) is 0 Å². The van der Waals surface area contributed by atoms with Crippen molar-refractivity contribution in [1.29, 1.82) is 0 Å². The minimum atomic E-state index is 0.192. The van der Waals surface area contributed by atoms with E-state index in [2.05, 4.69) is 59.2 Å². The number of benzene rings is 2. The lowest BCUT2D eigenvalue weighted by atomic mass is 9.85. The molecule has 3 aromatic rings. The van der Waals surface area contributed by atoms with Gasteiger partial charge in [-0.3, -0.25) is 4.79 Å². The van der Waals surface area contributed by atoms with Gasteiger partial charge in [-0.1, -0.05) is 61.7 Å². The first-order valence-electron chi connectivity index (χ1n) is 9.33. The lowest BCUT2D eigenvalue weighted by Crippen LogP contribution is -2.43. The Labute approximate surface area is 149 Å². The number of hydrogen-bond donors (Lipinski definition) is 0. The smallest absolute Gasteiger partial charge is 0.249 e. The Morgan fingerprint density at radius 1 is 0.840 bits per heavy atom. The van der Waals surface area contributed by atoms with Crippen LogP contribution in [0.1, 0.15) is 48.2 Å². The van der Waals surface area contributed by atoms with Crippen molar-refractivity contribution in [3.63, 3.8) is 0 Å². The molecule has 0 aliphatic heterocycles. The standard InChI is InChI=1S/C23H24NO/c25-23(20-12-5-2-6-13-20)22-16-15-19-11-7-8-14-21(19)24(22)17-18-9-3-1-4-10-18/h1,3-4,7-11,14-16,20H,2,5-6,12-13,17H2/q+1. The maximum Gasteiger partial charge on any atom is 0.249 e. The summed E-state index contributed by atoms with van der Waals surface area (Å²) < 4.78 is 2.21. The summed E-state index contributed by atoms with van der Waals surface area (Å²) in [5, 5.41) is 1.18. The first kappa shape index (κ1) is 16.0. The van der Waals surface area contributed by atoms with Crippen LogP contribution in [-0.4, -0.2) is 5.78 Å². The Hall–Kier alpha value is -2.48. The number of hydrogen-bond acceptors (Lipinski definition) is 1. The summed E-state index contributed by atoms with van der Waals surface area (Å²) in [5.74, 6) is 0.512. The van der Waals surface area contributed by atoms with E-state index in [1.807, 2.05) is 12.1 Å². The molecule has 1 aliphatic carbocycles. The molecule has 1 heterocycles. The van der Waals surface area contributed by atoms with Gasteiger partial charge in [-0.05, 0) is 25.0 Å². The number of Topliss-reactive ketones (excluding diaryl/α,β-unsaturated/α-hetero) is 1. The molecule has 126 valence electrons. The van der Waals surface area contributed by atoms with Gasteiger partial charge >= 0.3 is 0 Å². The van der Waals surface area contributed by atoms with Gasteiger partial charge in [0.1, 0.15) is 0 Å². The minimum Gasteiger partial charge on any atom is -0.287 e. The SMILES string of the molecule is O=C(c1ccc2ccccc2[n+]1Cc1ccccc1)C1CCCCC1. The predicted octanol–water partition coefficient (Wildman–Crippen LogP) is 4.94. The fraction of sp³-hybridized carbons (Fsp3) is 0.304. The molecule has 0 N–H and O–H groups in total. The third kappa shape index (κ3) is 3.34. The van der Waals surface area contributed by atoms with Crippen LogP contribution in [0, 0.1) is 5.92 Å². The van der Waals surface area contributed by atoms with Crippen LogP contribution in [0.25, 0.3) is 10.9 Å². The molecule has 1 fully saturated rings. The van der Waals surface area contributed by atoms with Gasteiger partial charge in [0, 0.05) is 29.0 Å². The number of pyridine rings is 1. The van der Waals surface area contributed by atoms with Gasteiger partial charge in [-0.2, -0.15) is 4.57 Å². The molecule has 25 heavy (non-hydrogen) atoms. The molecule has 0 saturated heterocycles. The van der Waals surface area contributed by atoms with E-state index in [1.165, 1.54) is 30.2 Å². The third-order valence-electron chi connectivity index (χ3n) is 5.35. The molecule has 4 rings (SSSR count). The summed E-state index contributed by atoms with van der Waals surface area (Å²) in [5.41, 5.74) is 3.21. The molecule has 1 aromatic heterocycles. The lowest BCUT2D eigenvalue weighted by Gasteiger charge is -2.19. The highest BCUT2D eigenvalue weighted by molar-refractivity contribution is 5.96. The summed E-state index contributed by atoms with van der Waals surface area (Å²) in [4.78, 5) is 13.2. The monoisotopic (exact) mass is 330 g/mol. The molecule has 0 amide bonds. The second-order valence-corrected chi connectivity index (χ2v) is 7.05. The second-order valence-electron chi connectivity index (χ2n) is 7.05. The van der Waals surface area contributed by atoms with E-state index >= 15 is 0 Å². The van der Waals surface area contributed by atoms with Gasteiger partial charge in [0.25, 0.3) is 0 Å². The molecule has 2 nitrogen and oxygen atoms in total. The summed E-state index contributed by atoms with van der Waals surface area (Å²) in [6, 6.07) is 22.9. The lowest BCUT2D eigenvalue weighted by molar-refractivity contribution is -0.664. The highest BCUT2D eigenvalue weighted by atomic mass is 16.1. The van der Waals surface area contributed by atoms with Crippen molar-refractivity contribution in [3.8, 4) is 0 Å². The molecule has 0 radical (unpaired) electrons. The molecular formula is C23H24NO+. The number of nitrogens with zero attached hydrogens (tertiary/aromatic N) is 1. The van der Waals surface area contributed by atoms with Crippen LogP contribution >= 0.6 is 0 Å². The van der Waals surface area contributed by atoms with Crippen LogP contribution in [-0.2, 0) is 6.54 Å². The van der Waals surface area contributed by atoms with E-state index in [0.29, 0.717) is 5.78 Å². The third-order valence-corrected chi connectivity index (χ3v) is 5.35.